The molecule has 1 heterocycles. The van der Waals surface area contributed by atoms with Crippen LogP contribution in [0.25, 0.3) is 0 Å². The van der Waals surface area contributed by atoms with E-state index in [1.165, 1.54) is 6.07 Å². The van der Waals surface area contributed by atoms with Crippen LogP contribution in [0.4, 0.5) is 18.9 Å². The molecule has 0 bridgehead atoms. The summed E-state index contributed by atoms with van der Waals surface area (Å²) in [5.74, 6) is -4.26. The average molecular weight is 345 g/mol. The van der Waals surface area contributed by atoms with E-state index in [1.807, 2.05) is 5.32 Å². The smallest absolute Gasteiger partial charge is 0.457 e. The van der Waals surface area contributed by atoms with Gasteiger partial charge in [0.2, 0.25) is 5.91 Å². The van der Waals surface area contributed by atoms with Crippen LogP contribution in [-0.2, 0) is 20.7 Å². The standard InChI is InChI=1S/C14H14F3N3O4/c15-14(16,17)13(23)24-6-9(18)12(22)20-11(21)8-2-1-7-3-4-19-10(7)5-8/h1-2,5,9,19H,3-4,6,18H2,(H,20,21,22)/t9-/m0/s1. The molecule has 2 amide bonds. The van der Waals surface area contributed by atoms with Crippen molar-refractivity contribution in [1.29, 1.82) is 0 Å². The summed E-state index contributed by atoms with van der Waals surface area (Å²) in [7, 11) is 0. The van der Waals surface area contributed by atoms with Crippen molar-refractivity contribution < 1.29 is 32.3 Å². The second-order valence-electron chi connectivity index (χ2n) is 5.07. The van der Waals surface area contributed by atoms with E-state index >= 15 is 0 Å². The van der Waals surface area contributed by atoms with Crippen LogP contribution in [0.5, 0.6) is 0 Å². The summed E-state index contributed by atoms with van der Waals surface area (Å²) in [6, 6.07) is 3.21. The first-order valence-electron chi connectivity index (χ1n) is 6.90. The van der Waals surface area contributed by atoms with E-state index < -0.39 is 36.6 Å². The number of esters is 1. The number of nitrogens with two attached hydrogens (primary N) is 1. The molecule has 130 valence electrons. The number of ether oxygens (including phenoxy) is 1. The monoisotopic (exact) mass is 345 g/mol. The predicted molar refractivity (Wildman–Crippen MR) is 76.1 cm³/mol. The van der Waals surface area contributed by atoms with Crippen molar-refractivity contribution in [2.45, 2.75) is 18.6 Å². The summed E-state index contributed by atoms with van der Waals surface area (Å²) in [6.07, 6.45) is -4.35. The largest absolute Gasteiger partial charge is 0.490 e. The van der Waals surface area contributed by atoms with E-state index in [0.29, 0.717) is 0 Å². The van der Waals surface area contributed by atoms with Gasteiger partial charge in [0.05, 0.1) is 0 Å². The Bertz CT molecular complexity index is 676. The molecule has 0 radical (unpaired) electrons. The Kier molecular flexibility index (Phi) is 5.07. The maximum atomic E-state index is 12.0. The topological polar surface area (TPSA) is 111 Å². The van der Waals surface area contributed by atoms with Crippen molar-refractivity contribution in [2.75, 3.05) is 18.5 Å². The first-order chi connectivity index (χ1) is 11.2. The summed E-state index contributed by atoms with van der Waals surface area (Å²) in [5, 5.41) is 5.01. The zero-order chi connectivity index (χ0) is 17.9. The predicted octanol–water partition coefficient (Wildman–Crippen LogP) is 0.344. The van der Waals surface area contributed by atoms with Crippen LogP contribution in [0.15, 0.2) is 18.2 Å². The third-order valence-corrected chi connectivity index (χ3v) is 3.28. The van der Waals surface area contributed by atoms with Crippen molar-refractivity contribution in [2.24, 2.45) is 5.73 Å². The van der Waals surface area contributed by atoms with Crippen LogP contribution in [0.1, 0.15) is 15.9 Å². The lowest BCUT2D eigenvalue weighted by Gasteiger charge is -2.13. The summed E-state index contributed by atoms with van der Waals surface area (Å²) in [6.45, 7) is -0.252. The molecular formula is C14H14F3N3O4. The van der Waals surface area contributed by atoms with Crippen LogP contribution in [0.2, 0.25) is 0 Å². The zero-order valence-electron chi connectivity index (χ0n) is 12.3. The number of nitrogens with one attached hydrogen (secondary N) is 2. The molecule has 2 rings (SSSR count). The lowest BCUT2D eigenvalue weighted by atomic mass is 10.1. The lowest BCUT2D eigenvalue weighted by Crippen LogP contribution is -2.47. The van der Waals surface area contributed by atoms with Crippen molar-refractivity contribution in [3.8, 4) is 0 Å². The zero-order valence-corrected chi connectivity index (χ0v) is 12.3. The van der Waals surface area contributed by atoms with Crippen LogP contribution < -0.4 is 16.4 Å². The second kappa shape index (κ2) is 6.87. The highest BCUT2D eigenvalue weighted by molar-refractivity contribution is 6.06. The molecule has 10 heteroatoms. The number of alkyl halides is 3. The molecular weight excluding hydrogens is 331 g/mol. The first kappa shape index (κ1) is 17.7. The second-order valence-corrected chi connectivity index (χ2v) is 5.07. The van der Waals surface area contributed by atoms with Gasteiger partial charge in [0.1, 0.15) is 12.6 Å². The number of amides is 2. The molecule has 1 aliphatic rings. The molecule has 0 spiro atoms. The van der Waals surface area contributed by atoms with Gasteiger partial charge in [0.15, 0.2) is 0 Å². The Balaban J connectivity index is 1.89. The van der Waals surface area contributed by atoms with Crippen LogP contribution >= 0.6 is 0 Å². The maximum absolute atomic E-state index is 12.0. The van der Waals surface area contributed by atoms with Gasteiger partial charge in [-0.25, -0.2) is 4.79 Å². The lowest BCUT2D eigenvalue weighted by molar-refractivity contribution is -0.200. The van der Waals surface area contributed by atoms with Crippen LogP contribution in [-0.4, -0.2) is 43.2 Å². The molecule has 0 saturated heterocycles. The number of hydrogen-bond acceptors (Lipinski definition) is 6. The minimum Gasteiger partial charge on any atom is -0.457 e. The highest BCUT2D eigenvalue weighted by atomic mass is 19.4. The van der Waals surface area contributed by atoms with E-state index in [4.69, 9.17) is 5.73 Å². The number of halogens is 3. The molecule has 1 aromatic rings. The molecule has 24 heavy (non-hydrogen) atoms. The molecule has 0 unspecified atom stereocenters. The summed E-state index contributed by atoms with van der Waals surface area (Å²) < 4.78 is 39.8. The Morgan fingerprint density at radius 1 is 1.33 bits per heavy atom. The number of fused-ring (bicyclic) bond motifs is 1. The van der Waals surface area contributed by atoms with E-state index in [0.717, 1.165) is 24.2 Å². The highest BCUT2D eigenvalue weighted by Crippen LogP contribution is 2.23. The maximum Gasteiger partial charge on any atom is 0.490 e. The number of hydrogen-bond donors (Lipinski definition) is 3. The van der Waals surface area contributed by atoms with Gasteiger partial charge in [-0.05, 0) is 24.1 Å². The Morgan fingerprint density at radius 3 is 2.71 bits per heavy atom. The fourth-order valence-electron chi connectivity index (χ4n) is 2.03. The van der Waals surface area contributed by atoms with Crippen molar-refractivity contribution in [3.05, 3.63) is 29.3 Å². The third kappa shape index (κ3) is 4.22. The summed E-state index contributed by atoms with van der Waals surface area (Å²) in [4.78, 5) is 34.2. The highest BCUT2D eigenvalue weighted by Gasteiger charge is 2.41. The van der Waals surface area contributed by atoms with Gasteiger partial charge in [-0.15, -0.1) is 0 Å². The Hall–Kier alpha value is -2.62. The van der Waals surface area contributed by atoms with Gasteiger partial charge in [-0.3, -0.25) is 14.9 Å². The fraction of sp³-hybridized carbons (Fsp3) is 0.357. The Labute approximate surface area is 134 Å². The molecule has 1 atom stereocenters. The minimum atomic E-state index is -5.18. The van der Waals surface area contributed by atoms with E-state index in [9.17, 15) is 27.6 Å². The molecule has 4 N–H and O–H groups in total. The quantitative estimate of drug-likeness (QED) is 0.679. The van der Waals surface area contributed by atoms with Crippen molar-refractivity contribution in [1.82, 2.24) is 5.32 Å². The molecule has 1 aliphatic heterocycles. The normalized spacial score (nSPS) is 14.3. The van der Waals surface area contributed by atoms with Gasteiger partial charge in [-0.2, -0.15) is 13.2 Å². The molecule has 1 aromatic carbocycles. The third-order valence-electron chi connectivity index (χ3n) is 3.28. The van der Waals surface area contributed by atoms with Crippen LogP contribution in [0, 0.1) is 0 Å². The van der Waals surface area contributed by atoms with E-state index in [-0.39, 0.29) is 5.56 Å². The van der Waals surface area contributed by atoms with Gasteiger partial charge in [0, 0.05) is 17.8 Å². The number of anilines is 1. The number of imide groups is 1. The van der Waals surface area contributed by atoms with E-state index in [2.05, 4.69) is 10.1 Å². The molecule has 0 aliphatic carbocycles. The Morgan fingerprint density at radius 2 is 2.04 bits per heavy atom. The first-order valence-corrected chi connectivity index (χ1v) is 6.90. The van der Waals surface area contributed by atoms with Crippen LogP contribution in [0.3, 0.4) is 0 Å². The number of carbonyl (C=O) groups is 3. The average Bonchev–Trinajstić information content (AvgIpc) is 2.98. The number of rotatable bonds is 4. The van der Waals surface area contributed by atoms with Crippen molar-refractivity contribution in [3.63, 3.8) is 0 Å². The molecule has 0 saturated carbocycles. The minimum absolute atomic E-state index is 0.191. The molecule has 0 fully saturated rings. The van der Waals surface area contributed by atoms with Gasteiger partial charge in [0.25, 0.3) is 5.91 Å². The fourth-order valence-corrected chi connectivity index (χ4v) is 2.03. The molecule has 0 aromatic heterocycles. The summed E-state index contributed by atoms with van der Waals surface area (Å²) >= 11 is 0. The molecule has 7 nitrogen and oxygen atoms in total. The van der Waals surface area contributed by atoms with Gasteiger partial charge >= 0.3 is 12.1 Å². The van der Waals surface area contributed by atoms with Gasteiger partial charge in [-0.1, -0.05) is 6.07 Å². The van der Waals surface area contributed by atoms with Crippen molar-refractivity contribution >= 4 is 23.5 Å². The van der Waals surface area contributed by atoms with E-state index in [1.54, 1.807) is 12.1 Å². The van der Waals surface area contributed by atoms with Gasteiger partial charge < -0.3 is 15.8 Å². The number of benzene rings is 1. The summed E-state index contributed by atoms with van der Waals surface area (Å²) in [5.41, 5.74) is 7.31. The SMILES string of the molecule is N[C@@H](COC(=O)C(F)(F)F)C(=O)NC(=O)c1ccc2c(c1)NCC2. The number of carbonyl (C=O) groups excluding carboxylic acids is 3.